The molecule has 4 heteroatoms. The Morgan fingerprint density at radius 3 is 3.00 bits per heavy atom. The highest BCUT2D eigenvalue weighted by atomic mass is 16.5. The Kier molecular flexibility index (Phi) is 2.22. The highest BCUT2D eigenvalue weighted by molar-refractivity contribution is 5.35. The van der Waals surface area contributed by atoms with E-state index in [-0.39, 0.29) is 6.23 Å². The summed E-state index contributed by atoms with van der Waals surface area (Å²) < 4.78 is 7.41. The van der Waals surface area contributed by atoms with E-state index in [9.17, 15) is 0 Å². The molecule has 1 aliphatic heterocycles. The van der Waals surface area contributed by atoms with Gasteiger partial charge in [-0.25, -0.2) is 4.68 Å². The van der Waals surface area contributed by atoms with Gasteiger partial charge in [0.15, 0.2) is 0 Å². The highest BCUT2D eigenvalue weighted by Gasteiger charge is 2.16. The van der Waals surface area contributed by atoms with Crippen LogP contribution in [0.15, 0.2) is 6.20 Å². The van der Waals surface area contributed by atoms with E-state index in [0.717, 1.165) is 25.0 Å². The van der Waals surface area contributed by atoms with Gasteiger partial charge >= 0.3 is 0 Å². The summed E-state index contributed by atoms with van der Waals surface area (Å²) in [6, 6.07) is 0. The lowest BCUT2D eigenvalue weighted by molar-refractivity contribution is -0.0393. The van der Waals surface area contributed by atoms with Crippen molar-refractivity contribution < 1.29 is 4.74 Å². The summed E-state index contributed by atoms with van der Waals surface area (Å²) in [6.07, 6.45) is 5.46. The molecule has 72 valence electrons. The second-order valence-electron chi connectivity index (χ2n) is 3.50. The predicted molar refractivity (Wildman–Crippen MR) is 50.2 cm³/mol. The molecule has 0 bridgehead atoms. The smallest absolute Gasteiger partial charge is 0.150 e. The predicted octanol–water partition coefficient (Wildman–Crippen LogP) is 1.47. The number of aryl methyl sites for hydroxylation is 1. The minimum Gasteiger partial charge on any atom is -0.382 e. The van der Waals surface area contributed by atoms with E-state index in [1.807, 2.05) is 17.8 Å². The number of hydrogen-bond acceptors (Lipinski definition) is 3. The molecule has 1 unspecified atom stereocenters. The van der Waals surface area contributed by atoms with Gasteiger partial charge in [-0.1, -0.05) is 0 Å². The number of nitrogens with two attached hydrogens (primary N) is 1. The van der Waals surface area contributed by atoms with E-state index in [1.165, 1.54) is 6.42 Å². The maximum Gasteiger partial charge on any atom is 0.150 e. The lowest BCUT2D eigenvalue weighted by atomic mass is 10.2. The quantitative estimate of drug-likeness (QED) is 0.713. The van der Waals surface area contributed by atoms with Crippen molar-refractivity contribution in [2.45, 2.75) is 32.4 Å². The number of aromatic nitrogens is 2. The molecule has 2 N–H and O–H groups in total. The Morgan fingerprint density at radius 2 is 2.46 bits per heavy atom. The van der Waals surface area contributed by atoms with Gasteiger partial charge in [0.2, 0.25) is 0 Å². The summed E-state index contributed by atoms with van der Waals surface area (Å²) in [7, 11) is 0. The topological polar surface area (TPSA) is 53.1 Å². The Labute approximate surface area is 77.7 Å². The highest BCUT2D eigenvalue weighted by Crippen LogP contribution is 2.23. The van der Waals surface area contributed by atoms with Crippen LogP contribution in [0.25, 0.3) is 0 Å². The zero-order valence-electron chi connectivity index (χ0n) is 7.86. The van der Waals surface area contributed by atoms with Crippen LogP contribution in [0.3, 0.4) is 0 Å². The summed E-state index contributed by atoms with van der Waals surface area (Å²) in [5, 5.41) is 4.20. The van der Waals surface area contributed by atoms with Crippen LogP contribution in [-0.4, -0.2) is 16.4 Å². The Morgan fingerprint density at radius 1 is 1.62 bits per heavy atom. The van der Waals surface area contributed by atoms with Crippen LogP contribution in [0.5, 0.6) is 0 Å². The summed E-state index contributed by atoms with van der Waals surface area (Å²) in [6.45, 7) is 2.80. The fourth-order valence-corrected chi connectivity index (χ4v) is 1.58. The average molecular weight is 181 g/mol. The van der Waals surface area contributed by atoms with E-state index in [0.29, 0.717) is 5.82 Å². The molecule has 0 radical (unpaired) electrons. The van der Waals surface area contributed by atoms with Crippen LogP contribution in [0.2, 0.25) is 0 Å². The van der Waals surface area contributed by atoms with Crippen LogP contribution < -0.4 is 5.73 Å². The van der Waals surface area contributed by atoms with Gasteiger partial charge in [0, 0.05) is 18.4 Å². The summed E-state index contributed by atoms with van der Waals surface area (Å²) in [4.78, 5) is 0. The molecule has 1 aromatic rings. The summed E-state index contributed by atoms with van der Waals surface area (Å²) >= 11 is 0. The van der Waals surface area contributed by atoms with Crippen LogP contribution in [0.4, 0.5) is 5.82 Å². The number of anilines is 1. The van der Waals surface area contributed by atoms with E-state index in [2.05, 4.69) is 5.10 Å². The molecule has 13 heavy (non-hydrogen) atoms. The summed E-state index contributed by atoms with van der Waals surface area (Å²) in [5.41, 5.74) is 6.68. The molecule has 2 heterocycles. The molecule has 0 saturated carbocycles. The van der Waals surface area contributed by atoms with Gasteiger partial charge in [0.25, 0.3) is 0 Å². The van der Waals surface area contributed by atoms with Crippen LogP contribution in [0, 0.1) is 6.92 Å². The Bertz CT molecular complexity index is 270. The Hall–Kier alpha value is -1.03. The van der Waals surface area contributed by atoms with Gasteiger partial charge in [-0.3, -0.25) is 0 Å². The standard InChI is InChI=1S/C9H15N3O/c1-7-6-12(11-9(7)10)8-4-2-3-5-13-8/h6,8H,2-5H2,1H3,(H2,10,11). The average Bonchev–Trinajstić information content (AvgIpc) is 2.49. The van der Waals surface area contributed by atoms with Crippen molar-refractivity contribution in [1.29, 1.82) is 0 Å². The molecule has 1 fully saturated rings. The number of ether oxygens (including phenoxy) is 1. The molecule has 0 aliphatic carbocycles. The van der Waals surface area contributed by atoms with Gasteiger partial charge in [-0.2, -0.15) is 5.10 Å². The molecule has 2 rings (SSSR count). The van der Waals surface area contributed by atoms with Gasteiger partial charge in [0.1, 0.15) is 12.0 Å². The zero-order chi connectivity index (χ0) is 9.26. The number of nitrogen functional groups attached to an aromatic ring is 1. The van der Waals surface area contributed by atoms with E-state index in [1.54, 1.807) is 0 Å². The monoisotopic (exact) mass is 181 g/mol. The fourth-order valence-electron chi connectivity index (χ4n) is 1.58. The van der Waals surface area contributed by atoms with Gasteiger partial charge in [0.05, 0.1) is 0 Å². The van der Waals surface area contributed by atoms with Crippen molar-refractivity contribution >= 4 is 5.82 Å². The maximum atomic E-state index is 5.66. The van der Waals surface area contributed by atoms with Crippen molar-refractivity contribution in [2.75, 3.05) is 12.3 Å². The van der Waals surface area contributed by atoms with Gasteiger partial charge in [-0.15, -0.1) is 0 Å². The molecule has 1 atom stereocenters. The molecule has 0 spiro atoms. The third kappa shape index (κ3) is 1.67. The molecule has 1 aromatic heterocycles. The van der Waals surface area contributed by atoms with Crippen molar-refractivity contribution in [3.8, 4) is 0 Å². The number of rotatable bonds is 1. The van der Waals surface area contributed by atoms with Gasteiger partial charge in [-0.05, 0) is 26.2 Å². The Balaban J connectivity index is 2.14. The maximum absolute atomic E-state index is 5.66. The van der Waals surface area contributed by atoms with Gasteiger partial charge < -0.3 is 10.5 Å². The van der Waals surface area contributed by atoms with E-state index >= 15 is 0 Å². The summed E-state index contributed by atoms with van der Waals surface area (Å²) in [5.74, 6) is 0.606. The first kappa shape index (κ1) is 8.56. The normalized spacial score (nSPS) is 23.3. The van der Waals surface area contributed by atoms with Crippen LogP contribution in [0.1, 0.15) is 31.1 Å². The van der Waals surface area contributed by atoms with Crippen molar-refractivity contribution in [3.63, 3.8) is 0 Å². The molecule has 1 aliphatic rings. The second-order valence-corrected chi connectivity index (χ2v) is 3.50. The molecular formula is C9H15N3O. The largest absolute Gasteiger partial charge is 0.382 e. The van der Waals surface area contributed by atoms with Crippen molar-refractivity contribution in [3.05, 3.63) is 11.8 Å². The molecule has 0 amide bonds. The number of nitrogens with zero attached hydrogens (tertiary/aromatic N) is 2. The second kappa shape index (κ2) is 3.38. The molecule has 1 saturated heterocycles. The zero-order valence-corrected chi connectivity index (χ0v) is 7.86. The fraction of sp³-hybridized carbons (Fsp3) is 0.667. The van der Waals surface area contributed by atoms with Crippen molar-refractivity contribution in [1.82, 2.24) is 9.78 Å². The number of hydrogen-bond donors (Lipinski definition) is 1. The molecule has 0 aromatic carbocycles. The minimum atomic E-state index is 0.102. The molecule has 4 nitrogen and oxygen atoms in total. The minimum absolute atomic E-state index is 0.102. The first-order chi connectivity index (χ1) is 6.27. The van der Waals surface area contributed by atoms with E-state index in [4.69, 9.17) is 10.5 Å². The van der Waals surface area contributed by atoms with Crippen molar-refractivity contribution in [2.24, 2.45) is 0 Å². The third-order valence-electron chi connectivity index (χ3n) is 2.40. The SMILES string of the molecule is Cc1cn(C2CCCCO2)nc1N. The molecular weight excluding hydrogens is 166 g/mol. The first-order valence-corrected chi connectivity index (χ1v) is 4.70. The first-order valence-electron chi connectivity index (χ1n) is 4.70. The lowest BCUT2D eigenvalue weighted by Crippen LogP contribution is -2.18. The van der Waals surface area contributed by atoms with Crippen LogP contribution >= 0.6 is 0 Å². The van der Waals surface area contributed by atoms with E-state index < -0.39 is 0 Å². The lowest BCUT2D eigenvalue weighted by Gasteiger charge is -2.22. The van der Waals surface area contributed by atoms with Crippen LogP contribution in [-0.2, 0) is 4.74 Å². The third-order valence-corrected chi connectivity index (χ3v) is 2.40.